The van der Waals surface area contributed by atoms with Crippen molar-refractivity contribution >= 4 is 5.91 Å². The van der Waals surface area contributed by atoms with Crippen molar-refractivity contribution in [1.82, 2.24) is 4.90 Å². The van der Waals surface area contributed by atoms with Gasteiger partial charge >= 0.3 is 0 Å². The minimum Gasteiger partial charge on any atom is -0.342 e. The van der Waals surface area contributed by atoms with E-state index in [0.29, 0.717) is 6.54 Å². The number of benzene rings is 1. The van der Waals surface area contributed by atoms with Gasteiger partial charge in [0.1, 0.15) is 0 Å². The number of fused-ring (bicyclic) bond motifs is 1. The molecule has 1 aliphatic rings. The van der Waals surface area contributed by atoms with Gasteiger partial charge in [-0.2, -0.15) is 0 Å². The predicted molar refractivity (Wildman–Crippen MR) is 73.4 cm³/mol. The Morgan fingerprint density at radius 3 is 2.83 bits per heavy atom. The average molecular weight is 246 g/mol. The third-order valence-electron chi connectivity index (χ3n) is 3.59. The first-order valence-corrected chi connectivity index (χ1v) is 6.84. The molecule has 2 N–H and O–H groups in total. The van der Waals surface area contributed by atoms with Gasteiger partial charge in [-0.05, 0) is 36.9 Å². The molecule has 1 aromatic carbocycles. The smallest absolute Gasteiger partial charge is 0.230 e. The lowest BCUT2D eigenvalue weighted by molar-refractivity contribution is -0.133. The fraction of sp³-hybridized carbons (Fsp3) is 0.533. The van der Waals surface area contributed by atoms with Gasteiger partial charge in [-0.25, -0.2) is 0 Å². The zero-order valence-electron chi connectivity index (χ0n) is 11.1. The number of nitrogens with zero attached hydrogens (tertiary/aromatic N) is 1. The second kappa shape index (κ2) is 6.01. The highest BCUT2D eigenvalue weighted by molar-refractivity contribution is 5.86. The summed E-state index contributed by atoms with van der Waals surface area (Å²) >= 11 is 0. The lowest BCUT2D eigenvalue weighted by Gasteiger charge is -2.34. The van der Waals surface area contributed by atoms with Crippen LogP contribution in [0.1, 0.15) is 36.8 Å². The van der Waals surface area contributed by atoms with E-state index in [1.165, 1.54) is 11.1 Å². The minimum atomic E-state index is 0.0884. The highest BCUT2D eigenvalue weighted by Gasteiger charge is 2.34. The van der Waals surface area contributed by atoms with Crippen LogP contribution >= 0.6 is 0 Å². The monoisotopic (exact) mass is 246 g/mol. The van der Waals surface area contributed by atoms with Crippen LogP contribution in [0.2, 0.25) is 0 Å². The number of hydrogen-bond donors (Lipinski definition) is 1. The van der Waals surface area contributed by atoms with E-state index in [0.717, 1.165) is 32.4 Å². The molecule has 0 heterocycles. The van der Waals surface area contributed by atoms with Gasteiger partial charge in [-0.3, -0.25) is 4.79 Å². The summed E-state index contributed by atoms with van der Waals surface area (Å²) in [5.74, 6) is 0.370. The maximum absolute atomic E-state index is 12.5. The molecule has 0 fully saturated rings. The third-order valence-corrected chi connectivity index (χ3v) is 3.59. The average Bonchev–Trinajstić information content (AvgIpc) is 2.35. The number of nitrogens with two attached hydrogens (primary N) is 1. The molecule has 98 valence electrons. The summed E-state index contributed by atoms with van der Waals surface area (Å²) in [6.07, 6.45) is 2.79. The number of carbonyl (C=O) groups excluding carboxylic acids is 1. The van der Waals surface area contributed by atoms with E-state index >= 15 is 0 Å². The van der Waals surface area contributed by atoms with Crippen molar-refractivity contribution in [1.29, 1.82) is 0 Å². The van der Waals surface area contributed by atoms with Crippen LogP contribution in [0.3, 0.4) is 0 Å². The molecule has 3 nitrogen and oxygen atoms in total. The number of hydrogen-bond acceptors (Lipinski definition) is 2. The Morgan fingerprint density at radius 2 is 2.17 bits per heavy atom. The molecule has 0 radical (unpaired) electrons. The second-order valence-electron chi connectivity index (χ2n) is 4.92. The van der Waals surface area contributed by atoms with E-state index in [9.17, 15) is 4.79 Å². The fourth-order valence-corrected chi connectivity index (χ4v) is 2.58. The second-order valence-corrected chi connectivity index (χ2v) is 4.92. The zero-order chi connectivity index (χ0) is 13.0. The van der Waals surface area contributed by atoms with Crippen LogP contribution in [-0.2, 0) is 11.2 Å². The van der Waals surface area contributed by atoms with E-state index in [1.807, 2.05) is 17.0 Å². The minimum absolute atomic E-state index is 0.0884. The molecule has 1 atom stereocenters. The number of carbonyl (C=O) groups is 1. The molecule has 18 heavy (non-hydrogen) atoms. The Bertz CT molecular complexity index is 417. The van der Waals surface area contributed by atoms with Crippen molar-refractivity contribution < 1.29 is 4.79 Å². The maximum Gasteiger partial charge on any atom is 0.230 e. The van der Waals surface area contributed by atoms with Crippen LogP contribution < -0.4 is 5.73 Å². The highest BCUT2D eigenvalue weighted by atomic mass is 16.2. The van der Waals surface area contributed by atoms with Crippen molar-refractivity contribution in [3.63, 3.8) is 0 Å². The van der Waals surface area contributed by atoms with E-state index in [4.69, 9.17) is 5.73 Å². The lowest BCUT2D eigenvalue weighted by atomic mass is 9.77. The van der Waals surface area contributed by atoms with Crippen LogP contribution in [0.4, 0.5) is 0 Å². The van der Waals surface area contributed by atoms with Gasteiger partial charge in [0.25, 0.3) is 0 Å². The Morgan fingerprint density at radius 1 is 1.39 bits per heavy atom. The van der Waals surface area contributed by atoms with Crippen LogP contribution in [-0.4, -0.2) is 30.4 Å². The van der Waals surface area contributed by atoms with Gasteiger partial charge in [0.05, 0.1) is 5.92 Å². The van der Waals surface area contributed by atoms with E-state index < -0.39 is 0 Å². The fourth-order valence-electron chi connectivity index (χ4n) is 2.58. The Kier molecular flexibility index (Phi) is 4.37. The van der Waals surface area contributed by atoms with Crippen molar-refractivity contribution in [3.8, 4) is 0 Å². The largest absolute Gasteiger partial charge is 0.342 e. The van der Waals surface area contributed by atoms with E-state index in [1.54, 1.807) is 0 Å². The molecule has 1 aromatic rings. The van der Waals surface area contributed by atoms with Crippen LogP contribution in [0.25, 0.3) is 0 Å². The van der Waals surface area contributed by atoms with Crippen molar-refractivity contribution in [3.05, 3.63) is 35.4 Å². The Balaban J connectivity index is 2.02. The van der Waals surface area contributed by atoms with Crippen molar-refractivity contribution in [2.24, 2.45) is 5.73 Å². The maximum atomic E-state index is 12.5. The molecular formula is C15H22N2O. The Hall–Kier alpha value is -1.35. The topological polar surface area (TPSA) is 46.3 Å². The molecule has 0 aliphatic heterocycles. The molecule has 0 bridgehead atoms. The summed E-state index contributed by atoms with van der Waals surface area (Å²) < 4.78 is 0. The number of rotatable bonds is 6. The first kappa shape index (κ1) is 13.1. The van der Waals surface area contributed by atoms with E-state index in [2.05, 4.69) is 19.1 Å². The first-order valence-electron chi connectivity index (χ1n) is 6.84. The molecule has 1 unspecified atom stereocenters. The standard InChI is InChI=1S/C15H22N2O/c1-2-9-17(10-5-8-16)15(18)14-11-12-6-3-4-7-13(12)14/h3-4,6-7,14H,2,5,8-11,16H2,1H3. The summed E-state index contributed by atoms with van der Waals surface area (Å²) in [5, 5.41) is 0. The summed E-state index contributed by atoms with van der Waals surface area (Å²) in [7, 11) is 0. The van der Waals surface area contributed by atoms with Crippen molar-refractivity contribution in [2.75, 3.05) is 19.6 Å². The molecule has 0 saturated heterocycles. The normalized spacial score (nSPS) is 16.9. The summed E-state index contributed by atoms with van der Waals surface area (Å²) in [5.41, 5.74) is 8.08. The summed E-state index contributed by atoms with van der Waals surface area (Å²) in [6.45, 7) is 4.39. The molecule has 0 spiro atoms. The predicted octanol–water partition coefficient (Wildman–Crippen LogP) is 1.91. The van der Waals surface area contributed by atoms with Gasteiger partial charge in [0.2, 0.25) is 5.91 Å². The van der Waals surface area contributed by atoms with Crippen LogP contribution in [0, 0.1) is 0 Å². The SMILES string of the molecule is CCCN(CCCN)C(=O)C1Cc2ccccc21. The molecule has 3 heteroatoms. The van der Waals surface area contributed by atoms with Gasteiger partial charge < -0.3 is 10.6 Å². The van der Waals surface area contributed by atoms with Gasteiger partial charge in [0, 0.05) is 13.1 Å². The highest BCUT2D eigenvalue weighted by Crippen LogP contribution is 2.36. The lowest BCUT2D eigenvalue weighted by Crippen LogP contribution is -2.40. The molecule has 2 rings (SSSR count). The molecule has 1 aliphatic carbocycles. The first-order chi connectivity index (χ1) is 8.77. The molecule has 0 saturated carbocycles. The van der Waals surface area contributed by atoms with Gasteiger partial charge in [-0.1, -0.05) is 31.2 Å². The summed E-state index contributed by atoms with van der Waals surface area (Å²) in [4.78, 5) is 14.4. The van der Waals surface area contributed by atoms with Crippen molar-refractivity contribution in [2.45, 2.75) is 32.1 Å². The van der Waals surface area contributed by atoms with Gasteiger partial charge in [-0.15, -0.1) is 0 Å². The summed E-state index contributed by atoms with van der Waals surface area (Å²) in [6, 6.07) is 8.25. The third kappa shape index (κ3) is 2.56. The zero-order valence-corrected chi connectivity index (χ0v) is 11.1. The quantitative estimate of drug-likeness (QED) is 0.833. The molecule has 1 amide bonds. The Labute approximate surface area is 109 Å². The van der Waals surface area contributed by atoms with Crippen LogP contribution in [0.5, 0.6) is 0 Å². The number of amides is 1. The van der Waals surface area contributed by atoms with Crippen LogP contribution in [0.15, 0.2) is 24.3 Å². The molecule has 0 aromatic heterocycles. The van der Waals surface area contributed by atoms with E-state index in [-0.39, 0.29) is 11.8 Å². The molecular weight excluding hydrogens is 224 g/mol. The van der Waals surface area contributed by atoms with Gasteiger partial charge in [0.15, 0.2) is 0 Å².